The molecule has 0 spiro atoms. The van der Waals surface area contributed by atoms with Gasteiger partial charge in [-0.3, -0.25) is 0 Å². The summed E-state index contributed by atoms with van der Waals surface area (Å²) in [6.07, 6.45) is 1.35. The summed E-state index contributed by atoms with van der Waals surface area (Å²) in [6.45, 7) is 2.00. The molecule has 0 fully saturated rings. The van der Waals surface area contributed by atoms with E-state index in [2.05, 4.69) is 15.9 Å². The van der Waals surface area contributed by atoms with Gasteiger partial charge < -0.3 is 5.73 Å². The number of halogens is 2. The molecule has 1 aromatic carbocycles. The standard InChI is InChI=1S/C14H15BrFNS/c1-2-14(17,9-10-7-8-13(15)18-10)11-5-3-4-6-12(11)16/h3-8H,2,9,17H2,1H3. The highest BCUT2D eigenvalue weighted by atomic mass is 79.9. The van der Waals surface area contributed by atoms with E-state index in [0.29, 0.717) is 18.4 Å². The lowest BCUT2D eigenvalue weighted by Gasteiger charge is -2.28. The third kappa shape index (κ3) is 2.82. The van der Waals surface area contributed by atoms with Gasteiger partial charge in [-0.1, -0.05) is 25.1 Å². The van der Waals surface area contributed by atoms with E-state index in [1.807, 2.05) is 25.1 Å². The Kier molecular flexibility index (Phi) is 4.20. The monoisotopic (exact) mass is 327 g/mol. The van der Waals surface area contributed by atoms with Gasteiger partial charge in [0.05, 0.1) is 3.79 Å². The summed E-state index contributed by atoms with van der Waals surface area (Å²) in [4.78, 5) is 1.16. The van der Waals surface area contributed by atoms with Gasteiger partial charge in [0, 0.05) is 22.4 Å². The molecule has 4 heteroatoms. The van der Waals surface area contributed by atoms with Crippen LogP contribution in [0.1, 0.15) is 23.8 Å². The molecule has 0 bridgehead atoms. The molecule has 0 amide bonds. The first-order valence-corrected chi connectivity index (χ1v) is 7.44. The Bertz CT molecular complexity index is 540. The Morgan fingerprint density at radius 2 is 2.00 bits per heavy atom. The third-order valence-electron chi connectivity index (χ3n) is 3.16. The molecule has 2 N–H and O–H groups in total. The van der Waals surface area contributed by atoms with Gasteiger partial charge >= 0.3 is 0 Å². The van der Waals surface area contributed by atoms with Crippen molar-refractivity contribution in [2.45, 2.75) is 25.3 Å². The molecule has 18 heavy (non-hydrogen) atoms. The quantitative estimate of drug-likeness (QED) is 0.881. The predicted octanol–water partition coefficient (Wildman–Crippen LogP) is 4.46. The number of benzene rings is 1. The minimum absolute atomic E-state index is 0.225. The first-order valence-electron chi connectivity index (χ1n) is 5.83. The van der Waals surface area contributed by atoms with E-state index in [0.717, 1.165) is 8.66 Å². The fourth-order valence-electron chi connectivity index (χ4n) is 2.03. The Labute approximate surface area is 119 Å². The van der Waals surface area contributed by atoms with Crippen LogP contribution in [0.15, 0.2) is 40.2 Å². The lowest BCUT2D eigenvalue weighted by atomic mass is 9.84. The summed E-state index contributed by atoms with van der Waals surface area (Å²) in [7, 11) is 0. The molecule has 2 rings (SSSR count). The van der Waals surface area contributed by atoms with Gasteiger partial charge in [-0.15, -0.1) is 11.3 Å². The highest BCUT2D eigenvalue weighted by molar-refractivity contribution is 9.11. The summed E-state index contributed by atoms with van der Waals surface area (Å²) >= 11 is 5.08. The van der Waals surface area contributed by atoms with E-state index < -0.39 is 5.54 Å². The van der Waals surface area contributed by atoms with Crippen LogP contribution in [0.25, 0.3) is 0 Å². The average Bonchev–Trinajstić information content (AvgIpc) is 2.75. The summed E-state index contributed by atoms with van der Waals surface area (Å²) in [5.41, 5.74) is 6.36. The zero-order valence-electron chi connectivity index (χ0n) is 10.1. The van der Waals surface area contributed by atoms with Crippen molar-refractivity contribution in [1.82, 2.24) is 0 Å². The number of rotatable bonds is 4. The van der Waals surface area contributed by atoms with Crippen LogP contribution in [-0.2, 0) is 12.0 Å². The molecule has 0 radical (unpaired) electrons. The van der Waals surface area contributed by atoms with Gasteiger partial charge in [0.15, 0.2) is 0 Å². The molecular formula is C14H15BrFNS. The SMILES string of the molecule is CCC(N)(Cc1ccc(Br)s1)c1ccccc1F. The van der Waals surface area contributed by atoms with Crippen molar-refractivity contribution < 1.29 is 4.39 Å². The molecule has 0 aliphatic rings. The molecule has 1 heterocycles. The molecule has 96 valence electrons. The lowest BCUT2D eigenvalue weighted by molar-refractivity contribution is 0.405. The predicted molar refractivity (Wildman–Crippen MR) is 78.3 cm³/mol. The zero-order valence-corrected chi connectivity index (χ0v) is 12.5. The molecule has 0 saturated heterocycles. The highest BCUT2D eigenvalue weighted by Crippen LogP contribution is 2.32. The van der Waals surface area contributed by atoms with Crippen LogP contribution in [0.2, 0.25) is 0 Å². The fraction of sp³-hybridized carbons (Fsp3) is 0.286. The summed E-state index contributed by atoms with van der Waals surface area (Å²) in [6, 6.07) is 10.8. The van der Waals surface area contributed by atoms with Crippen molar-refractivity contribution in [2.24, 2.45) is 5.73 Å². The summed E-state index contributed by atoms with van der Waals surface area (Å²) < 4.78 is 15.0. The first-order chi connectivity index (χ1) is 8.55. The summed E-state index contributed by atoms with van der Waals surface area (Å²) in [5.74, 6) is -0.225. The van der Waals surface area contributed by atoms with Crippen molar-refractivity contribution in [3.63, 3.8) is 0 Å². The highest BCUT2D eigenvalue weighted by Gasteiger charge is 2.28. The number of hydrogen-bond acceptors (Lipinski definition) is 2. The number of thiophene rings is 1. The molecule has 0 aliphatic heterocycles. The van der Waals surface area contributed by atoms with Crippen molar-refractivity contribution >= 4 is 27.3 Å². The van der Waals surface area contributed by atoms with E-state index in [1.54, 1.807) is 23.5 Å². The number of nitrogens with two attached hydrogens (primary N) is 1. The Morgan fingerprint density at radius 1 is 1.28 bits per heavy atom. The van der Waals surface area contributed by atoms with Gasteiger partial charge in [-0.05, 0) is 40.5 Å². The topological polar surface area (TPSA) is 26.0 Å². The van der Waals surface area contributed by atoms with E-state index in [-0.39, 0.29) is 5.82 Å². The van der Waals surface area contributed by atoms with Crippen LogP contribution in [-0.4, -0.2) is 0 Å². The maximum atomic E-state index is 13.9. The van der Waals surface area contributed by atoms with Crippen molar-refractivity contribution in [3.8, 4) is 0 Å². The van der Waals surface area contributed by atoms with Gasteiger partial charge in [0.25, 0.3) is 0 Å². The normalized spacial score (nSPS) is 14.4. The number of hydrogen-bond donors (Lipinski definition) is 1. The third-order valence-corrected chi connectivity index (χ3v) is 4.78. The van der Waals surface area contributed by atoms with Gasteiger partial charge in [0.1, 0.15) is 5.82 Å². The molecule has 1 nitrogen and oxygen atoms in total. The van der Waals surface area contributed by atoms with Crippen LogP contribution < -0.4 is 5.73 Å². The van der Waals surface area contributed by atoms with Crippen LogP contribution >= 0.6 is 27.3 Å². The molecule has 1 atom stereocenters. The van der Waals surface area contributed by atoms with Crippen LogP contribution in [0.4, 0.5) is 4.39 Å². The second-order valence-electron chi connectivity index (χ2n) is 4.37. The van der Waals surface area contributed by atoms with Crippen LogP contribution in [0, 0.1) is 5.82 Å². The molecule has 0 aliphatic carbocycles. The summed E-state index contributed by atoms with van der Waals surface area (Å²) in [5, 5.41) is 0. The van der Waals surface area contributed by atoms with Gasteiger partial charge in [0.2, 0.25) is 0 Å². The molecule has 2 aromatic rings. The van der Waals surface area contributed by atoms with E-state index in [9.17, 15) is 4.39 Å². The van der Waals surface area contributed by atoms with Crippen LogP contribution in [0.3, 0.4) is 0 Å². The second kappa shape index (κ2) is 5.51. The minimum Gasteiger partial charge on any atom is -0.321 e. The minimum atomic E-state index is -0.643. The van der Waals surface area contributed by atoms with Gasteiger partial charge in [-0.2, -0.15) is 0 Å². The second-order valence-corrected chi connectivity index (χ2v) is 6.92. The molecule has 1 aromatic heterocycles. The average molecular weight is 328 g/mol. The van der Waals surface area contributed by atoms with Crippen molar-refractivity contribution in [3.05, 3.63) is 56.4 Å². The smallest absolute Gasteiger partial charge is 0.128 e. The maximum Gasteiger partial charge on any atom is 0.128 e. The van der Waals surface area contributed by atoms with E-state index in [1.165, 1.54) is 6.07 Å². The Hall–Kier alpha value is -0.710. The van der Waals surface area contributed by atoms with Crippen LogP contribution in [0.5, 0.6) is 0 Å². The fourth-order valence-corrected chi connectivity index (χ4v) is 3.64. The zero-order chi connectivity index (χ0) is 13.2. The Morgan fingerprint density at radius 3 is 2.56 bits per heavy atom. The van der Waals surface area contributed by atoms with E-state index in [4.69, 9.17) is 5.73 Å². The maximum absolute atomic E-state index is 13.9. The largest absolute Gasteiger partial charge is 0.321 e. The van der Waals surface area contributed by atoms with Crippen molar-refractivity contribution in [2.75, 3.05) is 0 Å². The Balaban J connectivity index is 2.33. The molecule has 0 saturated carbocycles. The van der Waals surface area contributed by atoms with E-state index >= 15 is 0 Å². The molecule has 1 unspecified atom stereocenters. The first kappa shape index (κ1) is 13.7. The van der Waals surface area contributed by atoms with Crippen molar-refractivity contribution in [1.29, 1.82) is 0 Å². The lowest BCUT2D eigenvalue weighted by Crippen LogP contribution is -2.39. The molecular weight excluding hydrogens is 313 g/mol. The van der Waals surface area contributed by atoms with Gasteiger partial charge in [-0.25, -0.2) is 4.39 Å².